The average molecular weight is 239 g/mol. The summed E-state index contributed by atoms with van der Waals surface area (Å²) in [5.74, 6) is 0. The van der Waals surface area contributed by atoms with E-state index in [4.69, 9.17) is 0 Å². The van der Waals surface area contributed by atoms with E-state index < -0.39 is 4.92 Å². The van der Waals surface area contributed by atoms with Crippen LogP contribution in [0.5, 0.6) is 0 Å². The Kier molecular flexibility index (Phi) is 3.74. The third kappa shape index (κ3) is 2.93. The largest absolute Gasteiger partial charge is 0.316 e. The lowest BCUT2D eigenvalue weighted by Gasteiger charge is -2.21. The summed E-state index contributed by atoms with van der Waals surface area (Å²) in [6.45, 7) is 2.08. The first kappa shape index (κ1) is 11.3. The monoisotopic (exact) mass is 239 g/mol. The van der Waals surface area contributed by atoms with Crippen LogP contribution in [0.4, 0.5) is 5.69 Å². The average Bonchev–Trinajstić information content (AvgIpc) is 2.31. The van der Waals surface area contributed by atoms with Crippen molar-refractivity contribution in [2.75, 3.05) is 13.1 Å². The number of hydrogen-bond acceptors (Lipinski definition) is 5. The maximum absolute atomic E-state index is 10.5. The fourth-order valence-electron chi connectivity index (χ4n) is 1.64. The van der Waals surface area contributed by atoms with E-state index in [2.05, 4.69) is 10.3 Å². The Hall–Kier alpha value is -1.14. The van der Waals surface area contributed by atoms with E-state index in [1.807, 2.05) is 0 Å². The minimum absolute atomic E-state index is 0.0473. The summed E-state index contributed by atoms with van der Waals surface area (Å²) in [7, 11) is 0. The fourth-order valence-corrected chi connectivity index (χ4v) is 2.73. The first-order valence-electron chi connectivity index (χ1n) is 5.23. The van der Waals surface area contributed by atoms with Crippen molar-refractivity contribution in [3.63, 3.8) is 0 Å². The number of nitro groups is 1. The molecule has 0 bridgehead atoms. The molecule has 1 saturated heterocycles. The molecule has 16 heavy (non-hydrogen) atoms. The van der Waals surface area contributed by atoms with Crippen molar-refractivity contribution in [3.8, 4) is 0 Å². The minimum atomic E-state index is -0.427. The van der Waals surface area contributed by atoms with Crippen LogP contribution in [0.1, 0.15) is 12.8 Å². The van der Waals surface area contributed by atoms with Gasteiger partial charge in [-0.25, -0.2) is 4.98 Å². The molecule has 0 spiro atoms. The molecule has 2 heterocycles. The van der Waals surface area contributed by atoms with Crippen LogP contribution < -0.4 is 5.32 Å². The highest BCUT2D eigenvalue weighted by Crippen LogP contribution is 2.26. The summed E-state index contributed by atoms with van der Waals surface area (Å²) in [6, 6.07) is 3.23. The molecule has 0 radical (unpaired) electrons. The molecule has 0 aromatic carbocycles. The van der Waals surface area contributed by atoms with E-state index in [1.54, 1.807) is 17.8 Å². The van der Waals surface area contributed by atoms with Crippen molar-refractivity contribution in [2.45, 2.75) is 23.1 Å². The Bertz CT molecular complexity index is 363. The normalized spacial score (nSPS) is 20.6. The molecule has 1 aliphatic rings. The van der Waals surface area contributed by atoms with E-state index >= 15 is 0 Å². The molecule has 0 aliphatic carbocycles. The number of rotatable bonds is 3. The van der Waals surface area contributed by atoms with Gasteiger partial charge in [-0.2, -0.15) is 0 Å². The van der Waals surface area contributed by atoms with Crippen molar-refractivity contribution in [1.29, 1.82) is 0 Å². The molecule has 1 aromatic heterocycles. The lowest BCUT2D eigenvalue weighted by molar-refractivity contribution is -0.385. The van der Waals surface area contributed by atoms with Crippen LogP contribution in [0, 0.1) is 10.1 Å². The van der Waals surface area contributed by atoms with Crippen molar-refractivity contribution in [1.82, 2.24) is 10.3 Å². The highest BCUT2D eigenvalue weighted by Gasteiger charge is 2.15. The molecule has 1 aliphatic heterocycles. The van der Waals surface area contributed by atoms with Gasteiger partial charge in [0.05, 0.1) is 9.95 Å². The highest BCUT2D eigenvalue weighted by atomic mass is 32.2. The maximum Gasteiger partial charge on any atom is 0.287 e. The topological polar surface area (TPSA) is 68.1 Å². The van der Waals surface area contributed by atoms with Gasteiger partial charge in [0.2, 0.25) is 0 Å². The van der Waals surface area contributed by atoms with Gasteiger partial charge in [0.25, 0.3) is 5.69 Å². The fraction of sp³-hybridized carbons (Fsp3) is 0.500. The van der Waals surface area contributed by atoms with Crippen LogP contribution in [-0.4, -0.2) is 28.2 Å². The molecule has 1 fully saturated rings. The van der Waals surface area contributed by atoms with Gasteiger partial charge in [-0.15, -0.1) is 11.8 Å². The molecule has 5 nitrogen and oxygen atoms in total. The van der Waals surface area contributed by atoms with Gasteiger partial charge < -0.3 is 5.32 Å². The van der Waals surface area contributed by atoms with Crippen molar-refractivity contribution in [2.24, 2.45) is 0 Å². The Labute approximate surface area is 97.8 Å². The molecular formula is C10H13N3O2S. The lowest BCUT2D eigenvalue weighted by Crippen LogP contribution is -2.31. The van der Waals surface area contributed by atoms with Gasteiger partial charge in [0.1, 0.15) is 6.20 Å². The van der Waals surface area contributed by atoms with Gasteiger partial charge >= 0.3 is 0 Å². The molecule has 0 saturated carbocycles. The summed E-state index contributed by atoms with van der Waals surface area (Å²) < 4.78 is 0. The minimum Gasteiger partial charge on any atom is -0.316 e. The van der Waals surface area contributed by atoms with Crippen molar-refractivity contribution < 1.29 is 4.92 Å². The van der Waals surface area contributed by atoms with E-state index in [-0.39, 0.29) is 5.69 Å². The number of thioether (sulfide) groups is 1. The van der Waals surface area contributed by atoms with Crippen molar-refractivity contribution >= 4 is 17.4 Å². The van der Waals surface area contributed by atoms with Crippen LogP contribution >= 0.6 is 11.8 Å². The van der Waals surface area contributed by atoms with E-state index in [9.17, 15) is 10.1 Å². The van der Waals surface area contributed by atoms with E-state index in [0.29, 0.717) is 5.25 Å². The number of nitrogens with one attached hydrogen (secondary N) is 1. The highest BCUT2D eigenvalue weighted by molar-refractivity contribution is 7.99. The second kappa shape index (κ2) is 5.27. The zero-order chi connectivity index (χ0) is 11.4. The molecule has 2 rings (SSSR count). The molecule has 6 heteroatoms. The van der Waals surface area contributed by atoms with Gasteiger partial charge in [0.15, 0.2) is 0 Å². The second-order valence-corrected chi connectivity index (χ2v) is 5.02. The van der Waals surface area contributed by atoms with Gasteiger partial charge in [-0.3, -0.25) is 10.1 Å². The molecule has 1 aromatic rings. The summed E-state index contributed by atoms with van der Waals surface area (Å²) in [5.41, 5.74) is 0.0473. The third-order valence-corrected chi connectivity index (χ3v) is 3.69. The van der Waals surface area contributed by atoms with Gasteiger partial charge in [-0.05, 0) is 25.5 Å². The zero-order valence-corrected chi connectivity index (χ0v) is 9.57. The summed E-state index contributed by atoms with van der Waals surface area (Å²) in [4.78, 5) is 14.1. The second-order valence-electron chi connectivity index (χ2n) is 3.70. The summed E-state index contributed by atoms with van der Waals surface area (Å²) in [5, 5.41) is 15.2. The van der Waals surface area contributed by atoms with Crippen LogP contribution in [0.2, 0.25) is 0 Å². The van der Waals surface area contributed by atoms with Gasteiger partial charge in [-0.1, -0.05) is 0 Å². The number of hydrogen-bond donors (Lipinski definition) is 1. The molecule has 1 N–H and O–H groups in total. The van der Waals surface area contributed by atoms with Crippen LogP contribution in [0.3, 0.4) is 0 Å². The molecule has 1 atom stereocenters. The zero-order valence-electron chi connectivity index (χ0n) is 8.76. The first-order chi connectivity index (χ1) is 7.75. The molecule has 0 amide bonds. The Morgan fingerprint density at radius 2 is 2.44 bits per heavy atom. The number of pyridine rings is 1. The quantitative estimate of drug-likeness (QED) is 0.644. The molecule has 86 valence electrons. The SMILES string of the molecule is O=[N+]([O-])c1ccc(S[C@@H]2CCCNC2)nc1. The van der Waals surface area contributed by atoms with Crippen molar-refractivity contribution in [3.05, 3.63) is 28.4 Å². The predicted molar refractivity (Wildman–Crippen MR) is 62.6 cm³/mol. The van der Waals surface area contributed by atoms with Gasteiger partial charge in [0, 0.05) is 17.9 Å². The van der Waals surface area contributed by atoms with Crippen LogP contribution in [-0.2, 0) is 0 Å². The number of aromatic nitrogens is 1. The maximum atomic E-state index is 10.5. The summed E-state index contributed by atoms with van der Waals surface area (Å²) in [6.07, 6.45) is 3.68. The summed E-state index contributed by atoms with van der Waals surface area (Å²) >= 11 is 1.69. The third-order valence-electron chi connectivity index (χ3n) is 2.47. The van der Waals surface area contributed by atoms with Crippen LogP contribution in [0.25, 0.3) is 0 Å². The molecule has 0 unspecified atom stereocenters. The van der Waals surface area contributed by atoms with E-state index in [0.717, 1.165) is 18.1 Å². The molecular weight excluding hydrogens is 226 g/mol. The number of piperidine rings is 1. The smallest absolute Gasteiger partial charge is 0.287 e. The Morgan fingerprint density at radius 3 is 3.00 bits per heavy atom. The first-order valence-corrected chi connectivity index (χ1v) is 6.11. The Morgan fingerprint density at radius 1 is 1.56 bits per heavy atom. The Balaban J connectivity index is 1.96. The van der Waals surface area contributed by atoms with Crippen LogP contribution in [0.15, 0.2) is 23.4 Å². The predicted octanol–water partition coefficient (Wildman–Crippen LogP) is 1.83. The standard InChI is InChI=1S/C10H13N3O2S/c14-13(15)8-3-4-10(12-6-8)16-9-2-1-5-11-7-9/h3-4,6,9,11H,1-2,5,7H2/t9-/m1/s1. The number of nitrogens with zero attached hydrogens (tertiary/aromatic N) is 2. The van der Waals surface area contributed by atoms with E-state index in [1.165, 1.54) is 25.1 Å². The lowest BCUT2D eigenvalue weighted by atomic mass is 10.2.